The number of imidazole rings is 1. The van der Waals surface area contributed by atoms with Gasteiger partial charge in [-0.05, 0) is 25.0 Å². The molecule has 1 aliphatic rings. The first-order valence-electron chi connectivity index (χ1n) is 5.89. The minimum atomic E-state index is 0.672. The molecule has 0 spiro atoms. The smallest absolute Gasteiger partial charge is 0.137 e. The van der Waals surface area contributed by atoms with Gasteiger partial charge in [0.1, 0.15) is 11.4 Å². The standard InChI is InChI=1S/C13H16N2O/c1-16-11-6-7-13-14-12(9-15(13)8-11)10-4-2-3-5-10/h6-10H,2-5H2,1H3. The van der Waals surface area contributed by atoms with Crippen LogP contribution in [0.5, 0.6) is 5.75 Å². The van der Waals surface area contributed by atoms with Gasteiger partial charge in [0, 0.05) is 12.1 Å². The molecule has 1 aliphatic carbocycles. The van der Waals surface area contributed by atoms with Gasteiger partial charge in [0.15, 0.2) is 0 Å². The van der Waals surface area contributed by atoms with Crippen molar-refractivity contribution in [3.8, 4) is 5.75 Å². The largest absolute Gasteiger partial charge is 0.495 e. The predicted octanol–water partition coefficient (Wildman–Crippen LogP) is 3.00. The second kappa shape index (κ2) is 3.81. The summed E-state index contributed by atoms with van der Waals surface area (Å²) in [5.41, 5.74) is 2.26. The summed E-state index contributed by atoms with van der Waals surface area (Å²) in [5.74, 6) is 1.55. The van der Waals surface area contributed by atoms with Gasteiger partial charge in [-0.1, -0.05) is 12.8 Å². The van der Waals surface area contributed by atoms with Crippen LogP contribution in [-0.4, -0.2) is 16.5 Å². The van der Waals surface area contributed by atoms with Crippen LogP contribution in [0.3, 0.4) is 0 Å². The summed E-state index contributed by atoms with van der Waals surface area (Å²) in [5, 5.41) is 0. The van der Waals surface area contributed by atoms with E-state index in [-0.39, 0.29) is 0 Å². The molecule has 0 radical (unpaired) electrons. The van der Waals surface area contributed by atoms with Crippen molar-refractivity contribution in [3.63, 3.8) is 0 Å². The second-order valence-corrected chi connectivity index (χ2v) is 4.48. The van der Waals surface area contributed by atoms with Crippen molar-refractivity contribution in [1.29, 1.82) is 0 Å². The van der Waals surface area contributed by atoms with Gasteiger partial charge in [-0.15, -0.1) is 0 Å². The normalized spacial score (nSPS) is 17.1. The van der Waals surface area contributed by atoms with Crippen molar-refractivity contribution in [2.45, 2.75) is 31.6 Å². The first-order valence-corrected chi connectivity index (χ1v) is 5.89. The van der Waals surface area contributed by atoms with Gasteiger partial charge in [-0.2, -0.15) is 0 Å². The van der Waals surface area contributed by atoms with Crippen molar-refractivity contribution >= 4 is 5.65 Å². The van der Waals surface area contributed by atoms with E-state index in [1.54, 1.807) is 7.11 Å². The van der Waals surface area contributed by atoms with Crippen LogP contribution in [0.2, 0.25) is 0 Å². The van der Waals surface area contributed by atoms with Crippen LogP contribution in [0.25, 0.3) is 5.65 Å². The summed E-state index contributed by atoms with van der Waals surface area (Å²) in [6, 6.07) is 3.97. The lowest BCUT2D eigenvalue weighted by Crippen LogP contribution is -1.91. The molecule has 16 heavy (non-hydrogen) atoms. The average Bonchev–Trinajstić information content (AvgIpc) is 2.96. The van der Waals surface area contributed by atoms with E-state index in [0.29, 0.717) is 5.92 Å². The third-order valence-corrected chi connectivity index (χ3v) is 3.45. The van der Waals surface area contributed by atoms with Crippen LogP contribution < -0.4 is 4.74 Å². The number of methoxy groups -OCH3 is 1. The molecule has 3 nitrogen and oxygen atoms in total. The van der Waals surface area contributed by atoms with E-state index in [4.69, 9.17) is 4.74 Å². The lowest BCUT2D eigenvalue weighted by Gasteiger charge is -2.02. The maximum absolute atomic E-state index is 5.21. The Morgan fingerprint density at radius 2 is 2.06 bits per heavy atom. The Bertz CT molecular complexity index is 498. The summed E-state index contributed by atoms with van der Waals surface area (Å²) < 4.78 is 7.27. The maximum atomic E-state index is 5.21. The van der Waals surface area contributed by atoms with Gasteiger partial charge < -0.3 is 9.14 Å². The highest BCUT2D eigenvalue weighted by molar-refractivity contribution is 5.43. The van der Waals surface area contributed by atoms with Crippen LogP contribution >= 0.6 is 0 Å². The molecule has 0 bridgehead atoms. The predicted molar refractivity (Wildman–Crippen MR) is 63.0 cm³/mol. The zero-order valence-corrected chi connectivity index (χ0v) is 9.52. The zero-order chi connectivity index (χ0) is 11.0. The minimum absolute atomic E-state index is 0.672. The topological polar surface area (TPSA) is 26.5 Å². The highest BCUT2D eigenvalue weighted by atomic mass is 16.5. The first kappa shape index (κ1) is 9.70. The molecule has 0 aliphatic heterocycles. The molecule has 84 valence electrons. The molecule has 0 aromatic carbocycles. The Morgan fingerprint density at radius 1 is 1.25 bits per heavy atom. The van der Waals surface area contributed by atoms with Crippen LogP contribution in [0.15, 0.2) is 24.5 Å². The average molecular weight is 216 g/mol. The van der Waals surface area contributed by atoms with E-state index in [9.17, 15) is 0 Å². The molecular weight excluding hydrogens is 200 g/mol. The molecule has 0 saturated heterocycles. The Labute approximate surface area is 95.1 Å². The fourth-order valence-electron chi connectivity index (χ4n) is 2.53. The highest BCUT2D eigenvalue weighted by Gasteiger charge is 2.19. The number of hydrogen-bond donors (Lipinski definition) is 0. The monoisotopic (exact) mass is 216 g/mol. The van der Waals surface area contributed by atoms with Gasteiger partial charge in [0.2, 0.25) is 0 Å². The molecule has 3 rings (SSSR count). The molecule has 3 heteroatoms. The number of ether oxygens (including phenoxy) is 1. The fraction of sp³-hybridized carbons (Fsp3) is 0.462. The number of pyridine rings is 1. The SMILES string of the molecule is COc1ccc2nc(C3CCCC3)cn2c1. The number of fused-ring (bicyclic) bond motifs is 1. The first-order chi connectivity index (χ1) is 7.86. The van der Waals surface area contributed by atoms with E-state index < -0.39 is 0 Å². The Balaban J connectivity index is 2.01. The summed E-state index contributed by atoms with van der Waals surface area (Å²) in [7, 11) is 1.69. The number of nitrogens with zero attached hydrogens (tertiary/aromatic N) is 2. The third-order valence-electron chi connectivity index (χ3n) is 3.45. The summed E-state index contributed by atoms with van der Waals surface area (Å²) in [6.07, 6.45) is 9.42. The number of rotatable bonds is 2. The van der Waals surface area contributed by atoms with E-state index in [1.807, 2.05) is 18.3 Å². The van der Waals surface area contributed by atoms with Crippen LogP contribution in [0.4, 0.5) is 0 Å². The van der Waals surface area contributed by atoms with Crippen molar-refractivity contribution in [2.75, 3.05) is 7.11 Å². The molecule has 0 N–H and O–H groups in total. The molecule has 1 fully saturated rings. The molecule has 0 atom stereocenters. The fourth-order valence-corrected chi connectivity index (χ4v) is 2.53. The van der Waals surface area contributed by atoms with Crippen LogP contribution in [-0.2, 0) is 0 Å². The molecule has 2 aromatic heterocycles. The molecular formula is C13H16N2O. The molecule has 0 amide bonds. The summed E-state index contributed by atoms with van der Waals surface area (Å²) in [4.78, 5) is 4.68. The van der Waals surface area contributed by atoms with Crippen molar-refractivity contribution in [3.05, 3.63) is 30.2 Å². The lowest BCUT2D eigenvalue weighted by atomic mass is 10.1. The molecule has 2 heterocycles. The second-order valence-electron chi connectivity index (χ2n) is 4.48. The Morgan fingerprint density at radius 3 is 2.81 bits per heavy atom. The van der Waals surface area contributed by atoms with Crippen molar-refractivity contribution in [2.24, 2.45) is 0 Å². The van der Waals surface area contributed by atoms with Crippen LogP contribution in [0, 0.1) is 0 Å². The van der Waals surface area contributed by atoms with Gasteiger partial charge in [0.25, 0.3) is 0 Å². The Hall–Kier alpha value is -1.51. The van der Waals surface area contributed by atoms with E-state index in [0.717, 1.165) is 11.4 Å². The Kier molecular flexibility index (Phi) is 2.31. The molecule has 1 saturated carbocycles. The van der Waals surface area contributed by atoms with E-state index in [2.05, 4.69) is 15.6 Å². The van der Waals surface area contributed by atoms with E-state index in [1.165, 1.54) is 31.4 Å². The third kappa shape index (κ3) is 1.56. The minimum Gasteiger partial charge on any atom is -0.495 e. The quantitative estimate of drug-likeness (QED) is 0.771. The zero-order valence-electron chi connectivity index (χ0n) is 9.52. The van der Waals surface area contributed by atoms with Gasteiger partial charge in [-0.3, -0.25) is 0 Å². The molecule has 0 unspecified atom stereocenters. The van der Waals surface area contributed by atoms with Crippen molar-refractivity contribution < 1.29 is 4.74 Å². The maximum Gasteiger partial charge on any atom is 0.137 e. The van der Waals surface area contributed by atoms with Crippen molar-refractivity contribution in [1.82, 2.24) is 9.38 Å². The summed E-state index contributed by atoms with van der Waals surface area (Å²) in [6.45, 7) is 0. The van der Waals surface area contributed by atoms with Gasteiger partial charge in [0.05, 0.1) is 19.0 Å². The molecule has 2 aromatic rings. The van der Waals surface area contributed by atoms with Gasteiger partial charge in [-0.25, -0.2) is 4.98 Å². The number of aromatic nitrogens is 2. The van der Waals surface area contributed by atoms with E-state index >= 15 is 0 Å². The summed E-state index contributed by atoms with van der Waals surface area (Å²) >= 11 is 0. The van der Waals surface area contributed by atoms with Crippen LogP contribution in [0.1, 0.15) is 37.3 Å². The highest BCUT2D eigenvalue weighted by Crippen LogP contribution is 2.33. The lowest BCUT2D eigenvalue weighted by molar-refractivity contribution is 0.412. The van der Waals surface area contributed by atoms with Gasteiger partial charge >= 0.3 is 0 Å². The number of hydrogen-bond acceptors (Lipinski definition) is 2.